The van der Waals surface area contributed by atoms with Crippen LogP contribution in [0.25, 0.3) is 0 Å². The standard InChI is InChI=1S/C22H24N4O3/c1-28-21-14-18(29-17-7-3-2-4-8-17)9-10-19(21)24-22(27)20-11-13-26(25-20)16-6-5-12-23-15-16/h2-4,7-11,13-14,16,23H,5-6,12,15H2,1H3,(H,24,27). The molecule has 1 atom stereocenters. The first kappa shape index (κ1) is 19.0. The number of carbonyl (C=O) groups excluding carboxylic acids is 1. The summed E-state index contributed by atoms with van der Waals surface area (Å²) >= 11 is 0. The molecular weight excluding hydrogens is 368 g/mol. The molecule has 1 amide bonds. The van der Waals surface area contributed by atoms with Crippen molar-refractivity contribution in [2.45, 2.75) is 18.9 Å². The molecule has 1 saturated heterocycles. The average molecular weight is 392 g/mol. The summed E-state index contributed by atoms with van der Waals surface area (Å²) in [6.07, 6.45) is 4.04. The minimum Gasteiger partial charge on any atom is -0.494 e. The van der Waals surface area contributed by atoms with Crippen LogP contribution in [-0.2, 0) is 0 Å². The summed E-state index contributed by atoms with van der Waals surface area (Å²) in [5.74, 6) is 1.60. The second-order valence-corrected chi connectivity index (χ2v) is 6.91. The van der Waals surface area contributed by atoms with Gasteiger partial charge in [0.2, 0.25) is 0 Å². The lowest BCUT2D eigenvalue weighted by molar-refractivity contribution is 0.102. The Labute approximate surface area is 169 Å². The predicted molar refractivity (Wildman–Crippen MR) is 111 cm³/mol. The van der Waals surface area contributed by atoms with Gasteiger partial charge in [-0.1, -0.05) is 18.2 Å². The summed E-state index contributed by atoms with van der Waals surface area (Å²) in [5, 5.41) is 10.7. The van der Waals surface area contributed by atoms with Crippen molar-refractivity contribution in [2.24, 2.45) is 0 Å². The van der Waals surface area contributed by atoms with Gasteiger partial charge in [0.05, 0.1) is 18.8 Å². The molecule has 29 heavy (non-hydrogen) atoms. The molecule has 0 aliphatic carbocycles. The topological polar surface area (TPSA) is 77.4 Å². The monoisotopic (exact) mass is 392 g/mol. The van der Waals surface area contributed by atoms with E-state index in [0.29, 0.717) is 22.9 Å². The highest BCUT2D eigenvalue weighted by Gasteiger charge is 2.18. The normalized spacial score (nSPS) is 16.2. The van der Waals surface area contributed by atoms with Crippen LogP contribution in [-0.4, -0.2) is 35.9 Å². The van der Waals surface area contributed by atoms with E-state index in [2.05, 4.69) is 15.7 Å². The number of ether oxygens (including phenoxy) is 2. The maximum absolute atomic E-state index is 12.7. The summed E-state index contributed by atoms with van der Waals surface area (Å²) in [5.41, 5.74) is 0.939. The predicted octanol–water partition coefficient (Wildman–Crippen LogP) is 3.86. The SMILES string of the molecule is COc1cc(Oc2ccccc2)ccc1NC(=O)c1ccn(C2CCCNC2)n1. The number of amides is 1. The zero-order chi connectivity index (χ0) is 20.1. The van der Waals surface area contributed by atoms with Crippen LogP contribution in [0.4, 0.5) is 5.69 Å². The van der Waals surface area contributed by atoms with Crippen LogP contribution in [0.3, 0.4) is 0 Å². The molecule has 2 N–H and O–H groups in total. The van der Waals surface area contributed by atoms with Gasteiger partial charge in [0.1, 0.15) is 17.2 Å². The molecule has 0 radical (unpaired) electrons. The minimum atomic E-state index is -0.275. The largest absolute Gasteiger partial charge is 0.494 e. The molecule has 7 heteroatoms. The van der Waals surface area contributed by atoms with Crippen molar-refractivity contribution < 1.29 is 14.3 Å². The number of piperidine rings is 1. The number of benzene rings is 2. The number of rotatable bonds is 6. The molecule has 1 aliphatic rings. The smallest absolute Gasteiger partial charge is 0.276 e. The van der Waals surface area contributed by atoms with Crippen LogP contribution < -0.4 is 20.1 Å². The maximum atomic E-state index is 12.7. The molecule has 0 spiro atoms. The van der Waals surface area contributed by atoms with Gasteiger partial charge in [-0.3, -0.25) is 9.48 Å². The number of para-hydroxylation sites is 1. The number of nitrogens with zero attached hydrogens (tertiary/aromatic N) is 2. The van der Waals surface area contributed by atoms with Crippen LogP contribution in [0, 0.1) is 0 Å². The lowest BCUT2D eigenvalue weighted by Gasteiger charge is -2.22. The molecule has 0 saturated carbocycles. The molecule has 150 valence electrons. The lowest BCUT2D eigenvalue weighted by atomic mass is 10.1. The van der Waals surface area contributed by atoms with Gasteiger partial charge >= 0.3 is 0 Å². The van der Waals surface area contributed by atoms with Crippen molar-refractivity contribution in [2.75, 3.05) is 25.5 Å². The van der Waals surface area contributed by atoms with Crippen molar-refractivity contribution >= 4 is 11.6 Å². The molecular formula is C22H24N4O3. The second-order valence-electron chi connectivity index (χ2n) is 6.91. The van der Waals surface area contributed by atoms with Gasteiger partial charge < -0.3 is 20.1 Å². The van der Waals surface area contributed by atoms with Crippen molar-refractivity contribution in [3.05, 3.63) is 66.5 Å². The molecule has 3 aromatic rings. The van der Waals surface area contributed by atoms with Crippen molar-refractivity contribution in [1.82, 2.24) is 15.1 Å². The molecule has 1 aromatic heterocycles. The third kappa shape index (κ3) is 4.57. The first-order chi connectivity index (χ1) is 14.2. The fraction of sp³-hybridized carbons (Fsp3) is 0.273. The molecule has 7 nitrogen and oxygen atoms in total. The van der Waals surface area contributed by atoms with Gasteiger partial charge in [-0.05, 0) is 49.7 Å². The van der Waals surface area contributed by atoms with E-state index < -0.39 is 0 Å². The second kappa shape index (κ2) is 8.79. The van der Waals surface area contributed by atoms with Crippen molar-refractivity contribution in [3.63, 3.8) is 0 Å². The molecule has 1 fully saturated rings. The van der Waals surface area contributed by atoms with Gasteiger partial charge in [-0.15, -0.1) is 0 Å². The number of methoxy groups -OCH3 is 1. The first-order valence-electron chi connectivity index (χ1n) is 9.71. The Kier molecular flexibility index (Phi) is 5.76. The lowest BCUT2D eigenvalue weighted by Crippen LogP contribution is -2.32. The van der Waals surface area contributed by atoms with E-state index in [1.54, 1.807) is 31.4 Å². The van der Waals surface area contributed by atoms with Crippen molar-refractivity contribution in [1.29, 1.82) is 0 Å². The molecule has 1 unspecified atom stereocenters. The number of anilines is 1. The summed E-state index contributed by atoms with van der Waals surface area (Å²) in [4.78, 5) is 12.7. The molecule has 4 rings (SSSR count). The number of carbonyl (C=O) groups is 1. The third-order valence-electron chi connectivity index (χ3n) is 4.89. The van der Waals surface area contributed by atoms with Gasteiger partial charge in [0.15, 0.2) is 5.69 Å². The Morgan fingerprint density at radius 3 is 2.79 bits per heavy atom. The van der Waals surface area contributed by atoms with E-state index >= 15 is 0 Å². The Balaban J connectivity index is 1.45. The Hall–Kier alpha value is -3.32. The molecule has 2 aromatic carbocycles. The van der Waals surface area contributed by atoms with E-state index in [4.69, 9.17) is 9.47 Å². The van der Waals surface area contributed by atoms with E-state index in [0.717, 1.165) is 31.7 Å². The fourth-order valence-electron chi connectivity index (χ4n) is 3.37. The number of hydrogen-bond donors (Lipinski definition) is 2. The summed E-state index contributed by atoms with van der Waals surface area (Å²) in [7, 11) is 1.56. The summed E-state index contributed by atoms with van der Waals surface area (Å²) < 4.78 is 13.1. The number of hydrogen-bond acceptors (Lipinski definition) is 5. The minimum absolute atomic E-state index is 0.275. The van der Waals surface area contributed by atoms with Gasteiger partial charge in [-0.2, -0.15) is 5.10 Å². The van der Waals surface area contributed by atoms with E-state index in [-0.39, 0.29) is 11.9 Å². The quantitative estimate of drug-likeness (QED) is 0.666. The van der Waals surface area contributed by atoms with Crippen LogP contribution in [0.1, 0.15) is 29.4 Å². The molecule has 2 heterocycles. The summed E-state index contributed by atoms with van der Waals surface area (Å²) in [6, 6.07) is 16.8. The first-order valence-corrected chi connectivity index (χ1v) is 9.71. The maximum Gasteiger partial charge on any atom is 0.276 e. The molecule has 0 bridgehead atoms. The third-order valence-corrected chi connectivity index (χ3v) is 4.89. The zero-order valence-electron chi connectivity index (χ0n) is 16.3. The summed E-state index contributed by atoms with van der Waals surface area (Å²) in [6.45, 7) is 1.91. The zero-order valence-corrected chi connectivity index (χ0v) is 16.3. The number of nitrogens with one attached hydrogen (secondary N) is 2. The van der Waals surface area contributed by atoms with Gasteiger partial charge in [0, 0.05) is 18.8 Å². The van der Waals surface area contributed by atoms with Crippen LogP contribution in [0.15, 0.2) is 60.8 Å². The highest BCUT2D eigenvalue weighted by molar-refractivity contribution is 6.03. The molecule has 1 aliphatic heterocycles. The number of aromatic nitrogens is 2. The fourth-order valence-corrected chi connectivity index (χ4v) is 3.37. The van der Waals surface area contributed by atoms with Gasteiger partial charge in [-0.25, -0.2) is 0 Å². The van der Waals surface area contributed by atoms with Gasteiger partial charge in [0.25, 0.3) is 5.91 Å². The van der Waals surface area contributed by atoms with Crippen LogP contribution >= 0.6 is 0 Å². The van der Waals surface area contributed by atoms with Crippen LogP contribution in [0.2, 0.25) is 0 Å². The van der Waals surface area contributed by atoms with Crippen molar-refractivity contribution in [3.8, 4) is 17.2 Å². The van der Waals surface area contributed by atoms with E-state index in [1.807, 2.05) is 41.2 Å². The van der Waals surface area contributed by atoms with E-state index in [1.165, 1.54) is 0 Å². The Morgan fingerprint density at radius 2 is 2.03 bits per heavy atom. The Morgan fingerprint density at radius 1 is 1.17 bits per heavy atom. The average Bonchev–Trinajstić information content (AvgIpc) is 3.27. The highest BCUT2D eigenvalue weighted by Crippen LogP contribution is 2.32. The highest BCUT2D eigenvalue weighted by atomic mass is 16.5. The Bertz CT molecular complexity index is 965. The van der Waals surface area contributed by atoms with Crippen LogP contribution in [0.5, 0.6) is 17.2 Å². The van der Waals surface area contributed by atoms with E-state index in [9.17, 15) is 4.79 Å².